The molecule has 0 bridgehead atoms. The van der Waals surface area contributed by atoms with Gasteiger partial charge < -0.3 is 0 Å². The first-order chi connectivity index (χ1) is 12.1. The van der Waals surface area contributed by atoms with Crippen LogP contribution in [0.1, 0.15) is 0 Å². The Bertz CT molecular complexity index is 1130. The van der Waals surface area contributed by atoms with Gasteiger partial charge in [-0.3, -0.25) is 4.79 Å². The van der Waals surface area contributed by atoms with Crippen LogP contribution in [0, 0.1) is 11.6 Å². The monoisotopic (exact) mass is 372 g/mol. The normalized spacial score (nSPS) is 11.2. The number of rotatable bonds is 2. The fourth-order valence-corrected chi connectivity index (χ4v) is 4.01. The molecule has 124 valence electrons. The van der Waals surface area contributed by atoms with E-state index >= 15 is 0 Å². The van der Waals surface area contributed by atoms with Crippen LogP contribution in [0.4, 0.5) is 8.78 Å². The molecule has 0 aliphatic heterocycles. The molecule has 0 amide bonds. The third-order valence-electron chi connectivity index (χ3n) is 3.84. The van der Waals surface area contributed by atoms with Crippen LogP contribution in [0.3, 0.4) is 0 Å². The lowest BCUT2D eigenvalue weighted by Gasteiger charge is -2.11. The van der Waals surface area contributed by atoms with E-state index in [4.69, 9.17) is 0 Å². The van der Waals surface area contributed by atoms with Gasteiger partial charge in [0, 0.05) is 10.9 Å². The highest BCUT2D eigenvalue weighted by Gasteiger charge is 2.20. The summed E-state index contributed by atoms with van der Waals surface area (Å²) in [5.41, 5.74) is 0.480. The third-order valence-corrected chi connectivity index (χ3v) is 5.01. The van der Waals surface area contributed by atoms with E-state index in [0.29, 0.717) is 15.8 Å². The van der Waals surface area contributed by atoms with E-state index in [0.717, 1.165) is 22.3 Å². The zero-order chi connectivity index (χ0) is 17.6. The summed E-state index contributed by atoms with van der Waals surface area (Å²) in [5.74, 6) is -1.70. The van der Waals surface area contributed by atoms with Crippen molar-refractivity contribution in [1.29, 1.82) is 0 Å². The first-order valence-corrected chi connectivity index (χ1v) is 8.63. The molecule has 0 fully saturated rings. The minimum Gasteiger partial charge on any atom is -0.268 e. The Morgan fingerprint density at radius 3 is 2.36 bits per heavy atom. The number of thiol groups is 1. The van der Waals surface area contributed by atoms with Crippen LogP contribution < -0.4 is 5.56 Å². The molecule has 0 saturated carbocycles. The molecular weight excluding hydrogens is 362 g/mol. The van der Waals surface area contributed by atoms with Crippen molar-refractivity contribution in [3.05, 3.63) is 75.9 Å². The van der Waals surface area contributed by atoms with Gasteiger partial charge in [0.05, 0.1) is 5.39 Å². The molecule has 2 aromatic carbocycles. The molecule has 7 heteroatoms. The van der Waals surface area contributed by atoms with Gasteiger partial charge in [-0.15, -0.1) is 24.0 Å². The van der Waals surface area contributed by atoms with Crippen LogP contribution in [0.25, 0.3) is 27.0 Å². The molecule has 0 radical (unpaired) electrons. The Hall–Kier alpha value is -2.51. The highest BCUT2D eigenvalue weighted by molar-refractivity contribution is 7.80. The number of fused-ring (bicyclic) bond motifs is 1. The summed E-state index contributed by atoms with van der Waals surface area (Å²) >= 11 is 5.46. The maximum absolute atomic E-state index is 14.2. The van der Waals surface area contributed by atoms with E-state index in [2.05, 4.69) is 17.6 Å². The van der Waals surface area contributed by atoms with Gasteiger partial charge in [0.1, 0.15) is 22.2 Å². The number of hydrogen-bond acceptors (Lipinski definition) is 4. The number of hydrogen-bond donors (Lipinski definition) is 1. The molecule has 0 atom stereocenters. The highest BCUT2D eigenvalue weighted by Crippen LogP contribution is 2.32. The molecule has 0 N–H and O–H groups in total. The van der Waals surface area contributed by atoms with Gasteiger partial charge in [-0.25, -0.2) is 18.3 Å². The number of benzene rings is 2. The summed E-state index contributed by atoms with van der Waals surface area (Å²) in [6.45, 7) is 0. The summed E-state index contributed by atoms with van der Waals surface area (Å²) in [7, 11) is 0. The van der Waals surface area contributed by atoms with E-state index in [1.165, 1.54) is 17.4 Å². The Morgan fingerprint density at radius 2 is 1.68 bits per heavy atom. The SMILES string of the molecule is O=c1c2c(-c3ccccc3)csc2nc(S)n1-c1c(F)cccc1F. The third kappa shape index (κ3) is 2.56. The van der Waals surface area contributed by atoms with Crippen molar-refractivity contribution in [1.82, 2.24) is 9.55 Å². The standard InChI is InChI=1S/C18H10F2N2OS2/c19-12-7-4-8-13(20)15(12)22-17(23)14-11(10-5-2-1-3-6-10)9-25-16(14)21-18(22)24/h1-9H,(H,21,24). The van der Waals surface area contributed by atoms with Crippen molar-refractivity contribution < 1.29 is 8.78 Å². The van der Waals surface area contributed by atoms with Crippen LogP contribution in [-0.2, 0) is 0 Å². The zero-order valence-corrected chi connectivity index (χ0v) is 14.3. The molecule has 0 spiro atoms. The molecule has 4 aromatic rings. The van der Waals surface area contributed by atoms with Crippen molar-refractivity contribution >= 4 is 34.2 Å². The summed E-state index contributed by atoms with van der Waals surface area (Å²) in [6, 6.07) is 12.7. The first kappa shape index (κ1) is 16.0. The van der Waals surface area contributed by atoms with Crippen molar-refractivity contribution in [3.63, 3.8) is 0 Å². The number of aromatic nitrogens is 2. The lowest BCUT2D eigenvalue weighted by molar-refractivity contribution is 0.557. The van der Waals surface area contributed by atoms with Crippen molar-refractivity contribution in [2.45, 2.75) is 5.16 Å². The van der Waals surface area contributed by atoms with Gasteiger partial charge >= 0.3 is 0 Å². The maximum atomic E-state index is 14.2. The predicted molar refractivity (Wildman–Crippen MR) is 97.8 cm³/mol. The second kappa shape index (κ2) is 6.09. The number of thiophene rings is 1. The molecule has 3 nitrogen and oxygen atoms in total. The van der Waals surface area contributed by atoms with E-state index in [1.807, 2.05) is 35.7 Å². The molecule has 0 saturated heterocycles. The molecule has 2 heterocycles. The number of nitrogens with zero attached hydrogens (tertiary/aromatic N) is 2. The van der Waals surface area contributed by atoms with Crippen molar-refractivity contribution in [2.24, 2.45) is 0 Å². The predicted octanol–water partition coefficient (Wildman–Crippen LogP) is 4.68. The Morgan fingerprint density at radius 1 is 1.00 bits per heavy atom. The van der Waals surface area contributed by atoms with Gasteiger partial charge in [0.25, 0.3) is 5.56 Å². The second-order valence-electron chi connectivity index (χ2n) is 5.32. The van der Waals surface area contributed by atoms with Crippen LogP contribution in [0.5, 0.6) is 0 Å². The Kier molecular flexibility index (Phi) is 3.89. The van der Waals surface area contributed by atoms with Gasteiger partial charge in [0.15, 0.2) is 5.16 Å². The molecule has 0 aliphatic rings. The average molecular weight is 372 g/mol. The largest absolute Gasteiger partial charge is 0.268 e. The Labute approximate surface area is 150 Å². The van der Waals surface area contributed by atoms with Gasteiger partial charge in [-0.2, -0.15) is 0 Å². The van der Waals surface area contributed by atoms with E-state index in [9.17, 15) is 13.6 Å². The summed E-state index contributed by atoms with van der Waals surface area (Å²) in [4.78, 5) is 17.8. The zero-order valence-electron chi connectivity index (χ0n) is 12.6. The van der Waals surface area contributed by atoms with Gasteiger partial charge in [-0.1, -0.05) is 36.4 Å². The van der Waals surface area contributed by atoms with E-state index in [1.54, 1.807) is 0 Å². The lowest BCUT2D eigenvalue weighted by atomic mass is 10.1. The quantitative estimate of drug-likeness (QED) is 0.410. The molecule has 0 unspecified atom stereocenters. The topological polar surface area (TPSA) is 34.9 Å². The molecule has 4 rings (SSSR count). The molecule has 25 heavy (non-hydrogen) atoms. The summed E-state index contributed by atoms with van der Waals surface area (Å²) in [6.07, 6.45) is 0. The highest BCUT2D eigenvalue weighted by atomic mass is 32.1. The summed E-state index contributed by atoms with van der Waals surface area (Å²) < 4.78 is 29.2. The minimum atomic E-state index is -0.852. The van der Waals surface area contributed by atoms with E-state index in [-0.39, 0.29) is 5.16 Å². The van der Waals surface area contributed by atoms with Gasteiger partial charge in [0.2, 0.25) is 0 Å². The van der Waals surface area contributed by atoms with Crippen LogP contribution >= 0.6 is 24.0 Å². The second-order valence-corrected chi connectivity index (χ2v) is 6.58. The number of para-hydroxylation sites is 1. The van der Waals surface area contributed by atoms with Crippen LogP contribution in [0.2, 0.25) is 0 Å². The van der Waals surface area contributed by atoms with Gasteiger partial charge in [-0.05, 0) is 17.7 Å². The van der Waals surface area contributed by atoms with Crippen molar-refractivity contribution in [2.75, 3.05) is 0 Å². The average Bonchev–Trinajstić information content (AvgIpc) is 3.02. The molecule has 2 aromatic heterocycles. The lowest BCUT2D eigenvalue weighted by Crippen LogP contribution is -2.22. The fraction of sp³-hybridized carbons (Fsp3) is 0. The first-order valence-electron chi connectivity index (χ1n) is 7.31. The maximum Gasteiger partial charge on any atom is 0.268 e. The van der Waals surface area contributed by atoms with Crippen LogP contribution in [-0.4, -0.2) is 9.55 Å². The minimum absolute atomic E-state index is 0.0667. The van der Waals surface area contributed by atoms with Crippen LogP contribution in [0.15, 0.2) is 63.9 Å². The summed E-state index contributed by atoms with van der Waals surface area (Å²) in [5, 5.41) is 2.06. The number of halogens is 2. The van der Waals surface area contributed by atoms with Crippen molar-refractivity contribution in [3.8, 4) is 16.8 Å². The Balaban J connectivity index is 2.10. The fourth-order valence-electron chi connectivity index (χ4n) is 2.71. The smallest absolute Gasteiger partial charge is 0.268 e. The van der Waals surface area contributed by atoms with E-state index < -0.39 is 22.9 Å². The molecule has 0 aliphatic carbocycles. The molecular formula is C18H10F2N2OS2.